The predicted molar refractivity (Wildman–Crippen MR) is 114 cm³/mol. The molecule has 28 heavy (non-hydrogen) atoms. The van der Waals surface area contributed by atoms with Crippen LogP contribution in [0.15, 0.2) is 64.9 Å². The van der Waals surface area contributed by atoms with E-state index >= 15 is 0 Å². The third-order valence-electron chi connectivity index (χ3n) is 4.59. The lowest BCUT2D eigenvalue weighted by Crippen LogP contribution is -2.31. The minimum atomic E-state index is -3.70. The van der Waals surface area contributed by atoms with E-state index in [1.807, 2.05) is 25.3 Å². The molecular weight excluding hydrogens is 414 g/mol. The molecular formula is C21H20ClNO3S2. The van der Waals surface area contributed by atoms with Crippen LogP contribution in [0.3, 0.4) is 0 Å². The van der Waals surface area contributed by atoms with Crippen molar-refractivity contribution in [3.05, 3.63) is 86.6 Å². The van der Waals surface area contributed by atoms with Crippen LogP contribution in [-0.4, -0.2) is 20.9 Å². The van der Waals surface area contributed by atoms with Gasteiger partial charge in [0.15, 0.2) is 9.84 Å². The van der Waals surface area contributed by atoms with Crippen molar-refractivity contribution in [2.75, 3.05) is 6.54 Å². The molecule has 7 heteroatoms. The highest BCUT2D eigenvalue weighted by Gasteiger charge is 2.30. The summed E-state index contributed by atoms with van der Waals surface area (Å²) in [6, 6.07) is 15.1. The molecule has 1 amide bonds. The maximum absolute atomic E-state index is 13.2. The Labute approximate surface area is 174 Å². The van der Waals surface area contributed by atoms with Crippen molar-refractivity contribution in [1.82, 2.24) is 5.32 Å². The van der Waals surface area contributed by atoms with Gasteiger partial charge in [-0.05, 0) is 72.8 Å². The third kappa shape index (κ3) is 4.46. The van der Waals surface area contributed by atoms with Crippen LogP contribution in [0.5, 0.6) is 0 Å². The number of amides is 1. The summed E-state index contributed by atoms with van der Waals surface area (Å²) < 4.78 is 26.4. The topological polar surface area (TPSA) is 63.2 Å². The zero-order valence-electron chi connectivity index (χ0n) is 15.5. The minimum Gasteiger partial charge on any atom is -0.350 e. The summed E-state index contributed by atoms with van der Waals surface area (Å²) in [6.07, 6.45) is 0. The molecule has 1 atom stereocenters. The Morgan fingerprint density at radius 2 is 1.79 bits per heavy atom. The summed E-state index contributed by atoms with van der Waals surface area (Å²) in [5.41, 5.74) is 2.62. The molecule has 4 nitrogen and oxygen atoms in total. The monoisotopic (exact) mass is 433 g/mol. The largest absolute Gasteiger partial charge is 0.350 e. The fraction of sp³-hybridized carbons (Fsp3) is 0.190. The van der Waals surface area contributed by atoms with Gasteiger partial charge in [0.05, 0.1) is 4.90 Å². The number of aryl methyl sites for hydroxylation is 2. The number of rotatable bonds is 6. The van der Waals surface area contributed by atoms with Gasteiger partial charge in [0, 0.05) is 22.0 Å². The number of sulfone groups is 1. The predicted octanol–water partition coefficient (Wildman–Crippen LogP) is 4.96. The van der Waals surface area contributed by atoms with E-state index in [1.54, 1.807) is 36.4 Å². The lowest BCUT2D eigenvalue weighted by atomic mass is 10.1. The fourth-order valence-electron chi connectivity index (χ4n) is 2.80. The summed E-state index contributed by atoms with van der Waals surface area (Å²) in [4.78, 5) is 13.4. The molecule has 0 spiro atoms. The van der Waals surface area contributed by atoms with Crippen LogP contribution < -0.4 is 5.32 Å². The van der Waals surface area contributed by atoms with Crippen LogP contribution in [0.2, 0.25) is 5.02 Å². The summed E-state index contributed by atoms with van der Waals surface area (Å²) in [6.45, 7) is 3.89. The van der Waals surface area contributed by atoms with E-state index in [1.165, 1.54) is 23.5 Å². The second-order valence-electron chi connectivity index (χ2n) is 6.51. The van der Waals surface area contributed by atoms with Crippen molar-refractivity contribution in [3.8, 4) is 0 Å². The lowest BCUT2D eigenvalue weighted by molar-refractivity contribution is 0.0953. The number of halogens is 1. The number of carbonyl (C=O) groups excluding carboxylic acids is 1. The Balaban J connectivity index is 1.86. The second-order valence-corrected chi connectivity index (χ2v) is 10.1. The first-order valence-electron chi connectivity index (χ1n) is 8.67. The molecule has 0 unspecified atom stereocenters. The fourth-order valence-corrected chi connectivity index (χ4v) is 5.71. The smallest absolute Gasteiger partial charge is 0.251 e. The maximum Gasteiger partial charge on any atom is 0.251 e. The number of carbonyl (C=O) groups is 1. The van der Waals surface area contributed by atoms with E-state index in [-0.39, 0.29) is 17.3 Å². The van der Waals surface area contributed by atoms with Gasteiger partial charge in [0.2, 0.25) is 0 Å². The molecule has 146 valence electrons. The summed E-state index contributed by atoms with van der Waals surface area (Å²) in [5.74, 6) is -0.295. The van der Waals surface area contributed by atoms with Gasteiger partial charge in [-0.1, -0.05) is 23.7 Å². The van der Waals surface area contributed by atoms with Crippen LogP contribution in [0, 0.1) is 13.8 Å². The molecule has 0 saturated heterocycles. The van der Waals surface area contributed by atoms with E-state index < -0.39 is 15.1 Å². The average Bonchev–Trinajstić information content (AvgIpc) is 3.18. The van der Waals surface area contributed by atoms with Gasteiger partial charge >= 0.3 is 0 Å². The molecule has 0 aliphatic rings. The first-order valence-corrected chi connectivity index (χ1v) is 11.5. The molecule has 0 radical (unpaired) electrons. The highest BCUT2D eigenvalue weighted by Crippen LogP contribution is 2.32. The lowest BCUT2D eigenvalue weighted by Gasteiger charge is -2.18. The van der Waals surface area contributed by atoms with Gasteiger partial charge in [-0.25, -0.2) is 8.42 Å². The number of benzene rings is 2. The molecule has 3 aromatic rings. The molecule has 3 rings (SSSR count). The molecule has 0 aliphatic heterocycles. The molecule has 1 aromatic heterocycles. The quantitative estimate of drug-likeness (QED) is 0.597. The number of hydrogen-bond donors (Lipinski definition) is 1. The molecule has 0 bridgehead atoms. The van der Waals surface area contributed by atoms with Crippen LogP contribution in [0.1, 0.15) is 31.6 Å². The van der Waals surface area contributed by atoms with Gasteiger partial charge in [-0.15, -0.1) is 11.3 Å². The Kier molecular flexibility index (Phi) is 6.23. The van der Waals surface area contributed by atoms with Crippen molar-refractivity contribution >= 4 is 38.7 Å². The second kappa shape index (κ2) is 8.47. The maximum atomic E-state index is 13.2. The summed E-state index contributed by atoms with van der Waals surface area (Å²) >= 11 is 7.24. The van der Waals surface area contributed by atoms with Gasteiger partial charge in [-0.2, -0.15) is 0 Å². The van der Waals surface area contributed by atoms with E-state index in [4.69, 9.17) is 11.6 Å². The van der Waals surface area contributed by atoms with Gasteiger partial charge in [-0.3, -0.25) is 4.79 Å². The number of nitrogens with one attached hydrogen (secondary N) is 1. The number of hydrogen-bond acceptors (Lipinski definition) is 4. The van der Waals surface area contributed by atoms with Crippen LogP contribution >= 0.6 is 22.9 Å². The number of thiophene rings is 1. The van der Waals surface area contributed by atoms with Gasteiger partial charge in [0.1, 0.15) is 5.25 Å². The molecule has 1 heterocycles. The van der Waals surface area contributed by atoms with Gasteiger partial charge in [0.25, 0.3) is 5.91 Å². The SMILES string of the molecule is Cc1ccc(C(=O)NC[C@H](c2cccs2)S(=O)(=O)c2ccc(Cl)cc2)cc1C. The van der Waals surface area contributed by atoms with Crippen molar-refractivity contribution in [3.63, 3.8) is 0 Å². The summed E-state index contributed by atoms with van der Waals surface area (Å²) in [7, 11) is -3.70. The van der Waals surface area contributed by atoms with Crippen LogP contribution in [0.25, 0.3) is 0 Å². The minimum absolute atomic E-state index is 0.0166. The third-order valence-corrected chi connectivity index (χ3v) is 8.08. The molecule has 2 aromatic carbocycles. The Morgan fingerprint density at radius 3 is 2.39 bits per heavy atom. The van der Waals surface area contributed by atoms with E-state index in [0.29, 0.717) is 15.5 Å². The Morgan fingerprint density at radius 1 is 1.07 bits per heavy atom. The summed E-state index contributed by atoms with van der Waals surface area (Å²) in [5, 5.41) is 4.20. The first kappa shape index (κ1) is 20.6. The van der Waals surface area contributed by atoms with E-state index in [9.17, 15) is 13.2 Å². The van der Waals surface area contributed by atoms with Crippen molar-refractivity contribution in [2.45, 2.75) is 24.0 Å². The Bertz CT molecular complexity index is 1080. The highest BCUT2D eigenvalue weighted by atomic mass is 35.5. The Hall–Kier alpha value is -2.15. The van der Waals surface area contributed by atoms with E-state index in [2.05, 4.69) is 5.32 Å². The van der Waals surface area contributed by atoms with Crippen LogP contribution in [0.4, 0.5) is 0 Å². The zero-order valence-corrected chi connectivity index (χ0v) is 17.9. The van der Waals surface area contributed by atoms with Gasteiger partial charge < -0.3 is 5.32 Å². The van der Waals surface area contributed by atoms with E-state index in [0.717, 1.165) is 11.1 Å². The van der Waals surface area contributed by atoms with Crippen molar-refractivity contribution in [1.29, 1.82) is 0 Å². The van der Waals surface area contributed by atoms with Crippen LogP contribution in [-0.2, 0) is 9.84 Å². The highest BCUT2D eigenvalue weighted by molar-refractivity contribution is 7.91. The molecule has 1 N–H and O–H groups in total. The molecule has 0 fully saturated rings. The zero-order chi connectivity index (χ0) is 20.3. The molecule has 0 aliphatic carbocycles. The average molecular weight is 434 g/mol. The standard InChI is InChI=1S/C21H20ClNO3S2/c1-14-5-6-16(12-15(14)2)21(24)23-13-20(19-4-3-11-27-19)28(25,26)18-9-7-17(22)8-10-18/h3-12,20H,13H2,1-2H3,(H,23,24)/t20-/m1/s1. The van der Waals surface area contributed by atoms with Crippen molar-refractivity contribution < 1.29 is 13.2 Å². The normalized spacial score (nSPS) is 12.5. The first-order chi connectivity index (χ1) is 13.3. The van der Waals surface area contributed by atoms with Crippen molar-refractivity contribution in [2.24, 2.45) is 0 Å². The molecule has 0 saturated carbocycles.